The Labute approximate surface area is 125 Å². The van der Waals surface area contributed by atoms with E-state index in [1.165, 1.54) is 11.1 Å². The molecule has 3 N–H and O–H groups in total. The van der Waals surface area contributed by atoms with Crippen LogP contribution in [-0.4, -0.2) is 17.6 Å². The van der Waals surface area contributed by atoms with Gasteiger partial charge in [-0.05, 0) is 42.5 Å². The van der Waals surface area contributed by atoms with Crippen LogP contribution in [0.1, 0.15) is 24.5 Å². The highest BCUT2D eigenvalue weighted by Crippen LogP contribution is 2.26. The maximum Gasteiger partial charge on any atom is 0.239 e. The Hall–Kier alpha value is -2.23. The van der Waals surface area contributed by atoms with Gasteiger partial charge in [0.15, 0.2) is 0 Å². The SMILES string of the molecule is CCCOc1nc(NC2Cc3ccccc3C2)ccc1N. The predicted molar refractivity (Wildman–Crippen MR) is 85.7 cm³/mol. The largest absolute Gasteiger partial charge is 0.476 e. The number of fused-ring (bicyclic) bond motifs is 1. The normalized spacial score (nSPS) is 14.0. The number of pyridine rings is 1. The third kappa shape index (κ3) is 3.10. The van der Waals surface area contributed by atoms with Crippen LogP contribution in [0.3, 0.4) is 0 Å². The molecular formula is C17H21N3O. The average molecular weight is 283 g/mol. The van der Waals surface area contributed by atoms with E-state index in [1.807, 2.05) is 12.1 Å². The summed E-state index contributed by atoms with van der Waals surface area (Å²) in [7, 11) is 0. The molecule has 1 aliphatic carbocycles. The van der Waals surface area contributed by atoms with Crippen molar-refractivity contribution in [3.63, 3.8) is 0 Å². The molecule has 0 radical (unpaired) electrons. The van der Waals surface area contributed by atoms with Gasteiger partial charge in [-0.25, -0.2) is 0 Å². The second-order valence-electron chi connectivity index (χ2n) is 5.46. The molecule has 0 fully saturated rings. The number of rotatable bonds is 5. The van der Waals surface area contributed by atoms with Gasteiger partial charge in [0.1, 0.15) is 5.82 Å². The van der Waals surface area contributed by atoms with Gasteiger partial charge in [-0.1, -0.05) is 31.2 Å². The first-order valence-corrected chi connectivity index (χ1v) is 7.49. The Morgan fingerprint density at radius 2 is 1.90 bits per heavy atom. The molecule has 1 aromatic carbocycles. The van der Waals surface area contributed by atoms with Crippen molar-refractivity contribution in [3.8, 4) is 5.88 Å². The predicted octanol–water partition coefficient (Wildman–Crippen LogP) is 3.03. The summed E-state index contributed by atoms with van der Waals surface area (Å²) in [5.74, 6) is 1.35. The van der Waals surface area contributed by atoms with E-state index in [2.05, 4.69) is 41.5 Å². The van der Waals surface area contributed by atoms with Crippen LogP contribution < -0.4 is 15.8 Å². The van der Waals surface area contributed by atoms with Crippen LogP contribution in [0.2, 0.25) is 0 Å². The van der Waals surface area contributed by atoms with Crippen LogP contribution >= 0.6 is 0 Å². The molecule has 1 aromatic heterocycles. The molecule has 0 unspecified atom stereocenters. The van der Waals surface area contributed by atoms with E-state index in [9.17, 15) is 0 Å². The van der Waals surface area contributed by atoms with Crippen molar-refractivity contribution in [3.05, 3.63) is 47.5 Å². The molecule has 110 valence electrons. The van der Waals surface area contributed by atoms with Crippen molar-refractivity contribution in [2.45, 2.75) is 32.2 Å². The number of nitrogens with one attached hydrogen (secondary N) is 1. The summed E-state index contributed by atoms with van der Waals surface area (Å²) >= 11 is 0. The lowest BCUT2D eigenvalue weighted by atomic mass is 10.1. The van der Waals surface area contributed by atoms with E-state index in [0.29, 0.717) is 24.2 Å². The zero-order valence-corrected chi connectivity index (χ0v) is 12.3. The average Bonchev–Trinajstić information content (AvgIpc) is 2.90. The summed E-state index contributed by atoms with van der Waals surface area (Å²) in [4.78, 5) is 4.48. The maximum atomic E-state index is 5.89. The highest BCUT2D eigenvalue weighted by atomic mass is 16.5. The highest BCUT2D eigenvalue weighted by Gasteiger charge is 2.21. The Morgan fingerprint density at radius 1 is 1.19 bits per heavy atom. The third-order valence-corrected chi connectivity index (χ3v) is 3.74. The van der Waals surface area contributed by atoms with Crippen LogP contribution in [0.25, 0.3) is 0 Å². The minimum atomic E-state index is 0.387. The van der Waals surface area contributed by atoms with E-state index in [0.717, 1.165) is 25.1 Å². The number of nitrogen functional groups attached to an aromatic ring is 1. The van der Waals surface area contributed by atoms with Crippen molar-refractivity contribution in [1.29, 1.82) is 0 Å². The first kappa shape index (κ1) is 13.7. The molecule has 0 saturated heterocycles. The molecule has 2 aromatic rings. The van der Waals surface area contributed by atoms with Crippen molar-refractivity contribution in [2.24, 2.45) is 0 Å². The van der Waals surface area contributed by atoms with Crippen LogP contribution in [0.5, 0.6) is 5.88 Å². The van der Waals surface area contributed by atoms with Crippen LogP contribution in [0, 0.1) is 0 Å². The molecule has 4 nitrogen and oxygen atoms in total. The molecule has 0 aliphatic heterocycles. The summed E-state index contributed by atoms with van der Waals surface area (Å²) in [5, 5.41) is 3.49. The lowest BCUT2D eigenvalue weighted by Crippen LogP contribution is -2.20. The van der Waals surface area contributed by atoms with E-state index in [4.69, 9.17) is 10.5 Å². The van der Waals surface area contributed by atoms with Gasteiger partial charge in [0.2, 0.25) is 5.88 Å². The number of anilines is 2. The number of nitrogens with two attached hydrogens (primary N) is 1. The van der Waals surface area contributed by atoms with E-state index < -0.39 is 0 Å². The van der Waals surface area contributed by atoms with Gasteiger partial charge in [-0.15, -0.1) is 0 Å². The van der Waals surface area contributed by atoms with Gasteiger partial charge in [0, 0.05) is 6.04 Å². The monoisotopic (exact) mass is 283 g/mol. The summed E-state index contributed by atoms with van der Waals surface area (Å²) in [6.07, 6.45) is 3.01. The van der Waals surface area contributed by atoms with E-state index >= 15 is 0 Å². The van der Waals surface area contributed by atoms with E-state index in [-0.39, 0.29) is 0 Å². The minimum Gasteiger partial charge on any atom is -0.476 e. The fraction of sp³-hybridized carbons (Fsp3) is 0.353. The summed E-state index contributed by atoms with van der Waals surface area (Å²) < 4.78 is 5.58. The number of ether oxygens (including phenoxy) is 1. The number of benzene rings is 1. The molecule has 4 heteroatoms. The van der Waals surface area contributed by atoms with Crippen LogP contribution in [-0.2, 0) is 12.8 Å². The van der Waals surface area contributed by atoms with Crippen LogP contribution in [0.4, 0.5) is 11.5 Å². The quantitative estimate of drug-likeness (QED) is 0.885. The molecule has 0 bridgehead atoms. The van der Waals surface area contributed by atoms with Gasteiger partial charge >= 0.3 is 0 Å². The van der Waals surface area contributed by atoms with Gasteiger partial charge in [-0.3, -0.25) is 0 Å². The Kier molecular flexibility index (Phi) is 3.95. The van der Waals surface area contributed by atoms with Gasteiger partial charge in [0.25, 0.3) is 0 Å². The molecule has 0 spiro atoms. The highest BCUT2D eigenvalue weighted by molar-refractivity contribution is 5.54. The molecule has 0 atom stereocenters. The first-order valence-electron chi connectivity index (χ1n) is 7.49. The van der Waals surface area contributed by atoms with Gasteiger partial charge in [0.05, 0.1) is 12.3 Å². The van der Waals surface area contributed by atoms with E-state index in [1.54, 1.807) is 0 Å². The zero-order valence-electron chi connectivity index (χ0n) is 12.3. The summed E-state index contributed by atoms with van der Waals surface area (Å²) in [6, 6.07) is 12.7. The molecule has 3 rings (SSSR count). The van der Waals surface area contributed by atoms with Gasteiger partial charge in [-0.2, -0.15) is 4.98 Å². The Bertz CT molecular complexity index is 602. The van der Waals surface area contributed by atoms with Crippen molar-refractivity contribution in [2.75, 3.05) is 17.7 Å². The smallest absolute Gasteiger partial charge is 0.239 e. The number of nitrogens with zero attached hydrogens (tertiary/aromatic N) is 1. The fourth-order valence-electron chi connectivity index (χ4n) is 2.72. The molecular weight excluding hydrogens is 262 g/mol. The molecule has 21 heavy (non-hydrogen) atoms. The first-order chi connectivity index (χ1) is 10.3. The maximum absolute atomic E-state index is 5.89. The molecule has 1 aliphatic rings. The van der Waals surface area contributed by atoms with Crippen molar-refractivity contribution >= 4 is 11.5 Å². The molecule has 1 heterocycles. The van der Waals surface area contributed by atoms with Gasteiger partial charge < -0.3 is 15.8 Å². The number of hydrogen-bond acceptors (Lipinski definition) is 4. The summed E-state index contributed by atoms with van der Waals surface area (Å²) in [5.41, 5.74) is 9.33. The lowest BCUT2D eigenvalue weighted by molar-refractivity contribution is 0.307. The van der Waals surface area contributed by atoms with Crippen molar-refractivity contribution in [1.82, 2.24) is 4.98 Å². The molecule has 0 amide bonds. The fourth-order valence-corrected chi connectivity index (χ4v) is 2.72. The molecule has 0 saturated carbocycles. The van der Waals surface area contributed by atoms with Crippen molar-refractivity contribution < 1.29 is 4.74 Å². The second-order valence-corrected chi connectivity index (χ2v) is 5.46. The lowest BCUT2D eigenvalue weighted by Gasteiger charge is -2.14. The Balaban J connectivity index is 1.69. The number of hydrogen-bond donors (Lipinski definition) is 2. The number of aromatic nitrogens is 1. The third-order valence-electron chi connectivity index (χ3n) is 3.74. The van der Waals surface area contributed by atoms with Crippen LogP contribution in [0.15, 0.2) is 36.4 Å². The second kappa shape index (κ2) is 6.04. The summed E-state index contributed by atoms with van der Waals surface area (Å²) in [6.45, 7) is 2.70. The zero-order chi connectivity index (χ0) is 14.7. The topological polar surface area (TPSA) is 60.2 Å². The standard InChI is InChI=1S/C17H21N3O/c1-2-9-21-17-15(18)7-8-16(20-17)19-14-10-12-5-3-4-6-13(12)11-14/h3-8,14H,2,9-11,18H2,1H3,(H,19,20). The minimum absolute atomic E-state index is 0.387. The Morgan fingerprint density at radius 3 is 2.57 bits per heavy atom.